The van der Waals surface area contributed by atoms with Gasteiger partial charge in [-0.15, -0.1) is 11.8 Å². The lowest BCUT2D eigenvalue weighted by Gasteiger charge is -2.07. The summed E-state index contributed by atoms with van der Waals surface area (Å²) in [6, 6.07) is 5.43. The molecule has 1 nitrogen and oxygen atoms in total. The fourth-order valence-electron chi connectivity index (χ4n) is 1.39. The van der Waals surface area contributed by atoms with Crippen LogP contribution in [0.25, 0.3) is 0 Å². The highest BCUT2D eigenvalue weighted by Gasteiger charge is 2.04. The van der Waals surface area contributed by atoms with Gasteiger partial charge in [0, 0.05) is 4.90 Å². The normalized spacial score (nSPS) is 11.1. The molecule has 90 valence electrons. The van der Waals surface area contributed by atoms with Gasteiger partial charge in [0.25, 0.3) is 0 Å². The molecule has 16 heavy (non-hydrogen) atoms. The first kappa shape index (κ1) is 13.5. The van der Waals surface area contributed by atoms with E-state index in [1.807, 2.05) is 12.1 Å². The molecule has 3 heteroatoms. The number of rotatable bonds is 6. The van der Waals surface area contributed by atoms with E-state index in [-0.39, 0.29) is 5.82 Å². The lowest BCUT2D eigenvalue weighted by Crippen LogP contribution is -2.03. The molecule has 2 N–H and O–H groups in total. The van der Waals surface area contributed by atoms with E-state index in [4.69, 9.17) is 5.73 Å². The molecule has 0 unspecified atom stereocenters. The maximum absolute atomic E-state index is 13.6. The maximum Gasteiger partial charge on any atom is 0.137 e. The molecular weight excluding hydrogens is 221 g/mol. The topological polar surface area (TPSA) is 26.0 Å². The van der Waals surface area contributed by atoms with Crippen LogP contribution in [-0.4, -0.2) is 12.3 Å². The summed E-state index contributed by atoms with van der Waals surface area (Å²) in [4.78, 5) is 0.751. The van der Waals surface area contributed by atoms with E-state index in [0.717, 1.165) is 29.1 Å². The van der Waals surface area contributed by atoms with Gasteiger partial charge in [-0.3, -0.25) is 0 Å². The van der Waals surface area contributed by atoms with Crippen molar-refractivity contribution in [2.24, 2.45) is 11.7 Å². The Kier molecular flexibility index (Phi) is 5.85. The van der Waals surface area contributed by atoms with Crippen LogP contribution in [0.15, 0.2) is 23.1 Å². The van der Waals surface area contributed by atoms with Gasteiger partial charge in [0.2, 0.25) is 0 Å². The van der Waals surface area contributed by atoms with E-state index in [1.54, 1.807) is 17.8 Å². The summed E-state index contributed by atoms with van der Waals surface area (Å²) in [6.45, 7) is 4.93. The molecule has 0 saturated carbocycles. The Bertz CT molecular complexity index is 326. The zero-order valence-electron chi connectivity index (χ0n) is 10.0. The summed E-state index contributed by atoms with van der Waals surface area (Å²) in [7, 11) is 0. The molecule has 0 fully saturated rings. The predicted molar refractivity (Wildman–Crippen MR) is 69.3 cm³/mol. The molecule has 0 saturated heterocycles. The molecule has 0 radical (unpaired) electrons. The smallest absolute Gasteiger partial charge is 0.137 e. The van der Waals surface area contributed by atoms with Crippen LogP contribution >= 0.6 is 11.8 Å². The third-order valence-corrected chi connectivity index (χ3v) is 3.46. The van der Waals surface area contributed by atoms with Crippen LogP contribution in [-0.2, 0) is 6.42 Å². The minimum Gasteiger partial charge on any atom is -0.330 e. The minimum absolute atomic E-state index is 0.111. The Hall–Kier alpha value is -0.540. The van der Waals surface area contributed by atoms with Crippen molar-refractivity contribution in [3.8, 4) is 0 Å². The highest BCUT2D eigenvalue weighted by atomic mass is 32.2. The molecule has 0 aliphatic heterocycles. The molecule has 0 amide bonds. The average Bonchev–Trinajstić information content (AvgIpc) is 2.21. The second kappa shape index (κ2) is 6.92. The highest BCUT2D eigenvalue weighted by molar-refractivity contribution is 7.99. The van der Waals surface area contributed by atoms with Crippen molar-refractivity contribution >= 4 is 11.8 Å². The second-order valence-electron chi connectivity index (χ2n) is 4.33. The third kappa shape index (κ3) is 4.54. The summed E-state index contributed by atoms with van der Waals surface area (Å²) in [5, 5.41) is 0. The van der Waals surface area contributed by atoms with Crippen LogP contribution in [0.1, 0.15) is 25.8 Å². The Morgan fingerprint density at radius 2 is 2.12 bits per heavy atom. The number of nitrogens with two attached hydrogens (primary N) is 1. The van der Waals surface area contributed by atoms with Gasteiger partial charge in [-0.2, -0.15) is 0 Å². The predicted octanol–water partition coefficient (Wildman–Crippen LogP) is 3.47. The lowest BCUT2D eigenvalue weighted by molar-refractivity contribution is 0.598. The minimum atomic E-state index is -0.111. The quantitative estimate of drug-likeness (QED) is 0.772. The fraction of sp³-hybridized carbons (Fsp3) is 0.538. The Morgan fingerprint density at radius 3 is 2.69 bits per heavy atom. The lowest BCUT2D eigenvalue weighted by atomic mass is 10.1. The van der Waals surface area contributed by atoms with Crippen LogP contribution in [0, 0.1) is 11.7 Å². The van der Waals surface area contributed by atoms with Crippen LogP contribution in [0.2, 0.25) is 0 Å². The SMILES string of the molecule is CC(C)CCSc1ccc(CCN)cc1F. The molecule has 0 heterocycles. The van der Waals surface area contributed by atoms with Gasteiger partial charge in [0.15, 0.2) is 0 Å². The molecule has 1 rings (SSSR count). The summed E-state index contributed by atoms with van der Waals surface area (Å²) < 4.78 is 13.6. The first-order valence-electron chi connectivity index (χ1n) is 5.74. The first-order valence-corrected chi connectivity index (χ1v) is 6.73. The van der Waals surface area contributed by atoms with Crippen LogP contribution in [0.4, 0.5) is 4.39 Å². The summed E-state index contributed by atoms with van der Waals surface area (Å²) in [6.07, 6.45) is 1.86. The number of hydrogen-bond donors (Lipinski definition) is 1. The van der Waals surface area contributed by atoms with Crippen molar-refractivity contribution < 1.29 is 4.39 Å². The molecule has 0 bridgehead atoms. The molecule has 0 atom stereocenters. The standard InChI is InChI=1S/C13H20FNS/c1-10(2)6-8-16-13-4-3-11(5-7-15)9-12(13)14/h3-4,9-10H,5-8,15H2,1-2H3. The van der Waals surface area contributed by atoms with Gasteiger partial charge < -0.3 is 5.73 Å². The number of benzene rings is 1. The molecular formula is C13H20FNS. The first-order chi connectivity index (χ1) is 7.63. The van der Waals surface area contributed by atoms with Crippen molar-refractivity contribution in [3.63, 3.8) is 0 Å². The van der Waals surface area contributed by atoms with Crippen molar-refractivity contribution in [3.05, 3.63) is 29.6 Å². The van der Waals surface area contributed by atoms with E-state index in [0.29, 0.717) is 12.5 Å². The van der Waals surface area contributed by atoms with Crippen LogP contribution in [0.3, 0.4) is 0 Å². The summed E-state index contributed by atoms with van der Waals surface area (Å²) in [5.74, 6) is 1.54. The van der Waals surface area contributed by atoms with Crippen molar-refractivity contribution in [2.75, 3.05) is 12.3 Å². The number of halogens is 1. The van der Waals surface area contributed by atoms with Gasteiger partial charge in [-0.05, 0) is 48.8 Å². The molecule has 0 spiro atoms. The Labute approximate surface area is 102 Å². The van der Waals surface area contributed by atoms with Crippen LogP contribution < -0.4 is 5.73 Å². The van der Waals surface area contributed by atoms with E-state index < -0.39 is 0 Å². The van der Waals surface area contributed by atoms with Gasteiger partial charge in [-0.25, -0.2) is 4.39 Å². The monoisotopic (exact) mass is 241 g/mol. The number of hydrogen-bond acceptors (Lipinski definition) is 2. The molecule has 1 aromatic rings. The van der Waals surface area contributed by atoms with Gasteiger partial charge >= 0.3 is 0 Å². The van der Waals surface area contributed by atoms with Crippen molar-refractivity contribution in [2.45, 2.75) is 31.6 Å². The molecule has 0 aliphatic rings. The second-order valence-corrected chi connectivity index (χ2v) is 5.47. The van der Waals surface area contributed by atoms with Crippen molar-refractivity contribution in [1.82, 2.24) is 0 Å². The van der Waals surface area contributed by atoms with Gasteiger partial charge in [-0.1, -0.05) is 19.9 Å². The largest absolute Gasteiger partial charge is 0.330 e. The third-order valence-electron chi connectivity index (χ3n) is 2.38. The van der Waals surface area contributed by atoms with E-state index in [2.05, 4.69) is 13.8 Å². The molecule has 0 aliphatic carbocycles. The average molecular weight is 241 g/mol. The summed E-state index contributed by atoms with van der Waals surface area (Å²) >= 11 is 1.60. The van der Waals surface area contributed by atoms with Crippen LogP contribution in [0.5, 0.6) is 0 Å². The maximum atomic E-state index is 13.6. The fourth-order valence-corrected chi connectivity index (χ4v) is 2.56. The summed E-state index contributed by atoms with van der Waals surface area (Å²) in [5.41, 5.74) is 6.41. The molecule has 1 aromatic carbocycles. The van der Waals surface area contributed by atoms with E-state index in [1.165, 1.54) is 0 Å². The van der Waals surface area contributed by atoms with Gasteiger partial charge in [0.05, 0.1) is 0 Å². The Morgan fingerprint density at radius 1 is 1.38 bits per heavy atom. The Balaban J connectivity index is 2.54. The molecule has 0 aromatic heterocycles. The van der Waals surface area contributed by atoms with Crippen molar-refractivity contribution in [1.29, 1.82) is 0 Å². The van der Waals surface area contributed by atoms with E-state index >= 15 is 0 Å². The highest BCUT2D eigenvalue weighted by Crippen LogP contribution is 2.24. The van der Waals surface area contributed by atoms with E-state index in [9.17, 15) is 4.39 Å². The zero-order valence-corrected chi connectivity index (χ0v) is 10.8. The zero-order chi connectivity index (χ0) is 12.0. The number of thioether (sulfide) groups is 1. The van der Waals surface area contributed by atoms with Gasteiger partial charge in [0.1, 0.15) is 5.82 Å².